The Kier molecular flexibility index (Phi) is 10.7. The Bertz CT molecular complexity index is 621. The van der Waals surface area contributed by atoms with Crippen molar-refractivity contribution in [3.63, 3.8) is 0 Å². The van der Waals surface area contributed by atoms with E-state index in [1.165, 1.54) is 59.0 Å². The Morgan fingerprint density at radius 2 is 1.46 bits per heavy atom. The zero-order valence-electron chi connectivity index (χ0n) is 16.3. The van der Waals surface area contributed by atoms with Gasteiger partial charge in [0.25, 0.3) is 0 Å². The van der Waals surface area contributed by atoms with Gasteiger partial charge in [0.1, 0.15) is 8.07 Å². The molecule has 0 radical (unpaired) electrons. The molecule has 0 fully saturated rings. The van der Waals surface area contributed by atoms with Crippen LogP contribution in [0.15, 0.2) is 27.3 Å². The van der Waals surface area contributed by atoms with Crippen molar-refractivity contribution in [1.29, 1.82) is 0 Å². The molecule has 0 saturated heterocycles. The van der Waals surface area contributed by atoms with Crippen LogP contribution in [0.3, 0.4) is 0 Å². The number of rotatable bonds is 8. The molecule has 2 aliphatic rings. The second-order valence-electron chi connectivity index (χ2n) is 6.96. The first-order valence-corrected chi connectivity index (χ1v) is 17.9. The van der Waals surface area contributed by atoms with Gasteiger partial charge < -0.3 is 0 Å². The molecule has 0 saturated carbocycles. The van der Waals surface area contributed by atoms with Crippen LogP contribution >= 0.6 is 70.6 Å². The molecule has 2 rings (SSSR count). The van der Waals surface area contributed by atoms with E-state index in [1.807, 2.05) is 47.0 Å². The summed E-state index contributed by atoms with van der Waals surface area (Å²) in [6.45, 7) is 11.5. The highest BCUT2D eigenvalue weighted by molar-refractivity contribution is 8.42. The molecule has 0 atom stereocenters. The molecule has 0 bridgehead atoms. The van der Waals surface area contributed by atoms with Gasteiger partial charge in [0.2, 0.25) is 0 Å². The molecule has 26 heavy (non-hydrogen) atoms. The van der Waals surface area contributed by atoms with Gasteiger partial charge in [0.05, 0.1) is 21.9 Å². The van der Waals surface area contributed by atoms with Gasteiger partial charge >= 0.3 is 0 Å². The molecule has 0 aromatic carbocycles. The summed E-state index contributed by atoms with van der Waals surface area (Å²) in [5, 5.41) is 2.24. The largest absolute Gasteiger partial charge is 0.129 e. The lowest BCUT2D eigenvalue weighted by Crippen LogP contribution is -2.16. The van der Waals surface area contributed by atoms with E-state index in [2.05, 4.69) is 73.9 Å². The lowest BCUT2D eigenvalue weighted by Gasteiger charge is -2.03. The molecular formula is C19H28S6Si. The van der Waals surface area contributed by atoms with Gasteiger partial charge in [0, 0.05) is 0 Å². The molecule has 2 aliphatic heterocycles. The van der Waals surface area contributed by atoms with Crippen LogP contribution in [0.2, 0.25) is 19.6 Å². The van der Waals surface area contributed by atoms with Crippen LogP contribution in [-0.2, 0) is 0 Å². The zero-order chi connectivity index (χ0) is 19.0. The fraction of sp³-hybridized carbons (Fsp3) is 0.579. The average Bonchev–Trinajstić information content (AvgIpc) is 3.20. The molecule has 0 aliphatic carbocycles. The average molecular weight is 477 g/mol. The molecule has 0 aromatic heterocycles. The third kappa shape index (κ3) is 8.22. The molecule has 0 aromatic rings. The summed E-state index contributed by atoms with van der Waals surface area (Å²) in [4.78, 5) is 1.23. The minimum atomic E-state index is -1.30. The molecule has 7 heteroatoms. The first-order chi connectivity index (χ1) is 12.4. The van der Waals surface area contributed by atoms with Crippen LogP contribution in [0.25, 0.3) is 0 Å². The quantitative estimate of drug-likeness (QED) is 0.193. The van der Waals surface area contributed by atoms with Crippen molar-refractivity contribution in [2.24, 2.45) is 0 Å². The van der Waals surface area contributed by atoms with Crippen molar-refractivity contribution in [2.75, 3.05) is 11.5 Å². The highest BCUT2D eigenvalue weighted by Gasteiger charge is 2.27. The minimum Gasteiger partial charge on any atom is -0.126 e. The van der Waals surface area contributed by atoms with Crippen molar-refractivity contribution in [1.82, 2.24) is 0 Å². The smallest absolute Gasteiger partial charge is 0.126 e. The summed E-state index contributed by atoms with van der Waals surface area (Å²) in [6, 6.07) is 0. The van der Waals surface area contributed by atoms with E-state index in [0.29, 0.717) is 0 Å². The maximum Gasteiger partial charge on any atom is 0.129 e. The van der Waals surface area contributed by atoms with Gasteiger partial charge in [-0.25, -0.2) is 0 Å². The molecule has 2 heterocycles. The second-order valence-corrected chi connectivity index (χ2v) is 18.9. The van der Waals surface area contributed by atoms with Crippen molar-refractivity contribution in [3.8, 4) is 11.5 Å². The van der Waals surface area contributed by atoms with Gasteiger partial charge in [-0.3, -0.25) is 0 Å². The van der Waals surface area contributed by atoms with Crippen LogP contribution in [0, 0.1) is 11.5 Å². The molecule has 0 unspecified atom stereocenters. The maximum absolute atomic E-state index is 3.49. The highest BCUT2D eigenvalue weighted by atomic mass is 32.3. The number of unbranched alkanes of at least 4 members (excludes halogenated alkanes) is 2. The Morgan fingerprint density at radius 1 is 0.885 bits per heavy atom. The van der Waals surface area contributed by atoms with E-state index < -0.39 is 8.07 Å². The maximum atomic E-state index is 3.49. The van der Waals surface area contributed by atoms with E-state index in [9.17, 15) is 0 Å². The third-order valence-electron chi connectivity index (χ3n) is 3.20. The van der Waals surface area contributed by atoms with Gasteiger partial charge in [0.15, 0.2) is 0 Å². The zero-order valence-corrected chi connectivity index (χ0v) is 22.2. The lowest BCUT2D eigenvalue weighted by molar-refractivity contribution is 0.897. The summed E-state index contributed by atoms with van der Waals surface area (Å²) < 4.78 is 5.98. The summed E-state index contributed by atoms with van der Waals surface area (Å²) in [6.07, 6.45) is 5.16. The monoisotopic (exact) mass is 476 g/mol. The molecule has 0 amide bonds. The van der Waals surface area contributed by atoms with E-state index in [-0.39, 0.29) is 0 Å². The van der Waals surface area contributed by atoms with Gasteiger partial charge in [-0.15, -0.1) is 29.1 Å². The Morgan fingerprint density at radius 3 is 1.96 bits per heavy atom. The number of hydrogen-bond donors (Lipinski definition) is 0. The molecule has 0 spiro atoms. The van der Waals surface area contributed by atoms with Gasteiger partial charge in [-0.1, -0.05) is 99.3 Å². The van der Waals surface area contributed by atoms with Crippen LogP contribution < -0.4 is 0 Å². The van der Waals surface area contributed by atoms with Gasteiger partial charge in [-0.2, -0.15) is 0 Å². The second kappa shape index (κ2) is 11.9. The summed E-state index contributed by atoms with van der Waals surface area (Å²) in [5.41, 5.74) is 3.49. The van der Waals surface area contributed by atoms with Crippen LogP contribution in [0.4, 0.5) is 0 Å². The van der Waals surface area contributed by atoms with Gasteiger partial charge in [-0.05, 0) is 29.8 Å². The van der Waals surface area contributed by atoms with Crippen molar-refractivity contribution >= 4 is 78.6 Å². The lowest BCUT2D eigenvalue weighted by atomic mass is 10.4. The first-order valence-electron chi connectivity index (χ1n) is 9.10. The standard InChI is InChI=1S/C19H28S6Si/c1-6-8-11-20-16-17(21-12-9-7-2)25-19(24-16)18-22-14-15(23-18)10-13-26(3,4)5/h14H,6-9,11-12H2,1-5H3. The van der Waals surface area contributed by atoms with Crippen molar-refractivity contribution in [2.45, 2.75) is 59.2 Å². The molecular weight excluding hydrogens is 449 g/mol. The highest BCUT2D eigenvalue weighted by Crippen LogP contribution is 2.62. The predicted molar refractivity (Wildman–Crippen MR) is 138 cm³/mol. The van der Waals surface area contributed by atoms with E-state index in [0.717, 1.165) is 0 Å². The Labute approximate surface area is 186 Å². The Hall–Kier alpha value is 1.10. The van der Waals surface area contributed by atoms with Crippen LogP contribution in [-0.4, -0.2) is 19.6 Å². The van der Waals surface area contributed by atoms with Crippen molar-refractivity contribution in [3.05, 3.63) is 27.3 Å². The van der Waals surface area contributed by atoms with Crippen LogP contribution in [0.1, 0.15) is 39.5 Å². The van der Waals surface area contributed by atoms with Crippen molar-refractivity contribution < 1.29 is 0 Å². The van der Waals surface area contributed by atoms with E-state index in [4.69, 9.17) is 0 Å². The van der Waals surface area contributed by atoms with E-state index >= 15 is 0 Å². The minimum absolute atomic E-state index is 1.23. The summed E-state index contributed by atoms with van der Waals surface area (Å²) in [5.74, 6) is 5.90. The topological polar surface area (TPSA) is 0 Å². The third-order valence-corrected chi connectivity index (χ3v) is 12.6. The van der Waals surface area contributed by atoms with E-state index in [1.54, 1.807) is 0 Å². The summed E-state index contributed by atoms with van der Waals surface area (Å²) in [7, 11) is -1.30. The fourth-order valence-corrected chi connectivity index (χ4v) is 10.9. The molecule has 144 valence electrons. The number of hydrogen-bond acceptors (Lipinski definition) is 6. The normalized spacial score (nSPS) is 17.7. The first kappa shape index (κ1) is 23.4. The Balaban J connectivity index is 2.01. The summed E-state index contributed by atoms with van der Waals surface area (Å²) >= 11 is 11.9. The SMILES string of the molecule is CCCCSC1=C(SCCCC)SC(=C2SC=C(C#C[Si](C)(C)C)S2)S1. The number of allylic oxidation sites excluding steroid dienone is 1. The fourth-order valence-electron chi connectivity index (χ4n) is 1.80. The number of thioether (sulfide) groups is 6. The predicted octanol–water partition coefficient (Wildman–Crippen LogP) is 8.99. The molecule has 0 N–H and O–H groups in total. The van der Waals surface area contributed by atoms with Crippen LogP contribution in [0.5, 0.6) is 0 Å². The molecule has 0 nitrogen and oxygen atoms in total.